The summed E-state index contributed by atoms with van der Waals surface area (Å²) in [5, 5.41) is 1.66. The molecule has 0 unspecified atom stereocenters. The van der Waals surface area contributed by atoms with Crippen LogP contribution in [-0.2, 0) is 14.6 Å². The summed E-state index contributed by atoms with van der Waals surface area (Å²) >= 11 is 0. The quantitative estimate of drug-likeness (QED) is 0.873. The molecule has 0 aliphatic heterocycles. The summed E-state index contributed by atoms with van der Waals surface area (Å²) in [4.78, 5) is 11.6. The molecular weight excluding hydrogens is 292 g/mol. The number of rotatable bonds is 6. The van der Waals surface area contributed by atoms with Gasteiger partial charge in [0.25, 0.3) is 0 Å². The molecule has 0 radical (unpaired) electrons. The first-order valence-electron chi connectivity index (χ1n) is 5.77. The molecule has 1 aromatic carbocycles. The molecule has 1 N–H and O–H groups in total. The number of nitrogens with one attached hydrogen (secondary N) is 1. The van der Waals surface area contributed by atoms with Crippen LogP contribution in [0.4, 0.5) is 14.5 Å². The largest absolute Gasteiger partial charge is 0.435 e. The maximum atomic E-state index is 12.0. The first-order valence-corrected chi connectivity index (χ1v) is 7.48. The van der Waals surface area contributed by atoms with Crippen LogP contribution in [0.15, 0.2) is 24.3 Å². The lowest BCUT2D eigenvalue weighted by Crippen LogP contribution is -2.27. The second kappa shape index (κ2) is 6.65. The number of hydrogen-bond acceptors (Lipinski definition) is 4. The molecule has 0 aromatic heterocycles. The zero-order valence-corrected chi connectivity index (χ0v) is 11.8. The van der Waals surface area contributed by atoms with Gasteiger partial charge >= 0.3 is 6.61 Å². The summed E-state index contributed by atoms with van der Waals surface area (Å²) in [5.74, 6) is -1.51. The van der Waals surface area contributed by atoms with Crippen molar-refractivity contribution < 1.29 is 26.7 Å². The van der Waals surface area contributed by atoms with E-state index in [9.17, 15) is 22.0 Å². The van der Waals surface area contributed by atoms with Gasteiger partial charge in [-0.1, -0.05) is 6.07 Å². The Morgan fingerprint density at radius 3 is 2.55 bits per heavy atom. The van der Waals surface area contributed by atoms with Crippen LogP contribution in [0, 0.1) is 0 Å². The van der Waals surface area contributed by atoms with E-state index in [1.807, 2.05) is 0 Å². The Labute approximate surface area is 115 Å². The number of carbonyl (C=O) groups excluding carboxylic acids is 1. The molecule has 8 heteroatoms. The number of carbonyl (C=O) groups is 1. The number of anilines is 1. The first-order chi connectivity index (χ1) is 9.20. The molecule has 0 atom stereocenters. The van der Waals surface area contributed by atoms with E-state index in [4.69, 9.17) is 0 Å². The minimum atomic E-state index is -3.51. The van der Waals surface area contributed by atoms with Gasteiger partial charge in [0.1, 0.15) is 11.5 Å². The van der Waals surface area contributed by atoms with Crippen LogP contribution in [0.3, 0.4) is 0 Å². The van der Waals surface area contributed by atoms with Gasteiger partial charge < -0.3 is 10.1 Å². The Bertz CT molecular complexity index is 573. The Balaban J connectivity index is 2.72. The molecule has 0 aliphatic rings. The number of ether oxygens (including phenoxy) is 1. The van der Waals surface area contributed by atoms with Crippen molar-refractivity contribution in [3.8, 4) is 5.75 Å². The van der Waals surface area contributed by atoms with Gasteiger partial charge in [0.15, 0.2) is 9.84 Å². The Morgan fingerprint density at radius 2 is 2.00 bits per heavy atom. The van der Waals surface area contributed by atoms with Gasteiger partial charge in [-0.15, -0.1) is 0 Å². The van der Waals surface area contributed by atoms with E-state index < -0.39 is 33.4 Å². The number of sulfone groups is 1. The standard InChI is InChI=1S/C12H15F2NO4S/c1-8(2)20(17,18)7-11(16)15-9-4-3-5-10(6-9)19-12(13)14/h3-6,8,12H,7H2,1-2H3,(H,15,16). The third-order valence-corrected chi connectivity index (χ3v) is 4.49. The minimum Gasteiger partial charge on any atom is -0.435 e. The molecule has 112 valence electrons. The van der Waals surface area contributed by atoms with E-state index in [0.29, 0.717) is 0 Å². The van der Waals surface area contributed by atoms with Gasteiger partial charge in [-0.2, -0.15) is 8.78 Å². The van der Waals surface area contributed by atoms with Gasteiger partial charge in [-0.05, 0) is 26.0 Å². The molecule has 1 rings (SSSR count). The van der Waals surface area contributed by atoms with Crippen LogP contribution in [0.1, 0.15) is 13.8 Å². The van der Waals surface area contributed by atoms with Crippen LogP contribution >= 0.6 is 0 Å². The predicted molar refractivity (Wildman–Crippen MR) is 70.6 cm³/mol. The Kier molecular flexibility index (Phi) is 5.43. The fourth-order valence-electron chi connectivity index (χ4n) is 1.30. The minimum absolute atomic E-state index is 0.121. The lowest BCUT2D eigenvalue weighted by Gasteiger charge is -2.10. The van der Waals surface area contributed by atoms with E-state index in [1.54, 1.807) is 0 Å². The van der Waals surface area contributed by atoms with Gasteiger partial charge in [-0.3, -0.25) is 4.79 Å². The monoisotopic (exact) mass is 307 g/mol. The van der Waals surface area contributed by atoms with Crippen LogP contribution in [-0.4, -0.2) is 31.9 Å². The molecule has 0 spiro atoms. The molecule has 0 heterocycles. The van der Waals surface area contributed by atoms with Gasteiger partial charge in [-0.25, -0.2) is 8.42 Å². The average Bonchev–Trinajstić information content (AvgIpc) is 2.26. The lowest BCUT2D eigenvalue weighted by molar-refractivity contribution is -0.113. The maximum Gasteiger partial charge on any atom is 0.387 e. The van der Waals surface area contributed by atoms with Crippen LogP contribution in [0.5, 0.6) is 5.75 Å². The molecule has 0 fully saturated rings. The molecule has 0 aliphatic carbocycles. The molecule has 5 nitrogen and oxygen atoms in total. The van der Waals surface area contributed by atoms with Crippen molar-refractivity contribution in [3.63, 3.8) is 0 Å². The summed E-state index contributed by atoms with van der Waals surface area (Å²) in [7, 11) is -3.51. The second-order valence-corrected chi connectivity index (χ2v) is 6.87. The summed E-state index contributed by atoms with van der Waals surface area (Å²) in [6.07, 6.45) is 0. The van der Waals surface area contributed by atoms with Crippen molar-refractivity contribution >= 4 is 21.4 Å². The van der Waals surface area contributed by atoms with Crippen molar-refractivity contribution in [1.82, 2.24) is 0 Å². The van der Waals surface area contributed by atoms with Crippen molar-refractivity contribution in [2.75, 3.05) is 11.1 Å². The highest BCUT2D eigenvalue weighted by atomic mass is 32.2. The first kappa shape index (κ1) is 16.4. The third-order valence-electron chi connectivity index (χ3n) is 2.39. The average molecular weight is 307 g/mol. The molecule has 0 saturated heterocycles. The van der Waals surface area contributed by atoms with Crippen LogP contribution < -0.4 is 10.1 Å². The number of hydrogen-bond donors (Lipinski definition) is 1. The zero-order chi connectivity index (χ0) is 15.3. The number of amides is 1. The molecule has 1 aromatic rings. The fourth-order valence-corrected chi connectivity index (χ4v) is 2.07. The summed E-state index contributed by atoms with van der Waals surface area (Å²) in [6, 6.07) is 5.33. The zero-order valence-electron chi connectivity index (χ0n) is 11.0. The van der Waals surface area contributed by atoms with Crippen LogP contribution in [0.25, 0.3) is 0 Å². The van der Waals surface area contributed by atoms with E-state index in [-0.39, 0.29) is 11.4 Å². The Hall–Kier alpha value is -1.70. The maximum absolute atomic E-state index is 12.0. The summed E-state index contributed by atoms with van der Waals surface area (Å²) in [6.45, 7) is -0.0262. The summed E-state index contributed by atoms with van der Waals surface area (Å²) in [5.41, 5.74) is 0.187. The summed E-state index contributed by atoms with van der Waals surface area (Å²) < 4.78 is 51.4. The van der Waals surface area contributed by atoms with Crippen molar-refractivity contribution in [2.24, 2.45) is 0 Å². The van der Waals surface area contributed by atoms with Crippen LogP contribution in [0.2, 0.25) is 0 Å². The second-order valence-electron chi connectivity index (χ2n) is 4.31. The molecule has 1 amide bonds. The Morgan fingerprint density at radius 1 is 1.35 bits per heavy atom. The number of benzene rings is 1. The number of halogens is 2. The van der Waals surface area contributed by atoms with E-state index in [0.717, 1.165) is 0 Å². The molecule has 20 heavy (non-hydrogen) atoms. The molecule has 0 bridgehead atoms. The van der Waals surface area contributed by atoms with Gasteiger partial charge in [0.2, 0.25) is 5.91 Å². The SMILES string of the molecule is CC(C)S(=O)(=O)CC(=O)Nc1cccc(OC(F)F)c1. The van der Waals surface area contributed by atoms with Crippen molar-refractivity contribution in [3.05, 3.63) is 24.3 Å². The van der Waals surface area contributed by atoms with E-state index >= 15 is 0 Å². The van der Waals surface area contributed by atoms with E-state index in [2.05, 4.69) is 10.1 Å². The van der Waals surface area contributed by atoms with Crippen molar-refractivity contribution in [1.29, 1.82) is 0 Å². The lowest BCUT2D eigenvalue weighted by atomic mass is 10.3. The topological polar surface area (TPSA) is 72.5 Å². The molecule has 0 saturated carbocycles. The smallest absolute Gasteiger partial charge is 0.387 e. The van der Waals surface area contributed by atoms with Crippen molar-refractivity contribution in [2.45, 2.75) is 25.7 Å². The highest BCUT2D eigenvalue weighted by Crippen LogP contribution is 2.19. The predicted octanol–water partition coefficient (Wildman–Crippen LogP) is 2.05. The van der Waals surface area contributed by atoms with Gasteiger partial charge in [0, 0.05) is 11.8 Å². The van der Waals surface area contributed by atoms with E-state index in [1.165, 1.54) is 38.1 Å². The highest BCUT2D eigenvalue weighted by molar-refractivity contribution is 7.92. The number of alkyl halides is 2. The normalized spacial score (nSPS) is 11.7. The van der Waals surface area contributed by atoms with Gasteiger partial charge in [0.05, 0.1) is 5.25 Å². The molecular formula is C12H15F2NO4S. The fraction of sp³-hybridized carbons (Fsp3) is 0.417. The third kappa shape index (κ3) is 5.12. The highest BCUT2D eigenvalue weighted by Gasteiger charge is 2.20.